The number of rotatable bonds is 4. The average molecular weight is 512 g/mol. The smallest absolute Gasteiger partial charge is 0.416 e. The lowest BCUT2D eigenvalue weighted by Gasteiger charge is -2.22. The highest BCUT2D eigenvalue weighted by molar-refractivity contribution is 5.96. The lowest BCUT2D eigenvalue weighted by Crippen LogP contribution is -2.36. The Hall–Kier alpha value is -4.21. The second kappa shape index (κ2) is 9.34. The third kappa shape index (κ3) is 4.78. The maximum atomic E-state index is 13.1. The maximum absolute atomic E-state index is 13.1. The summed E-state index contributed by atoms with van der Waals surface area (Å²) in [7, 11) is 0. The molecule has 1 amide bonds. The number of nitrogens with zero attached hydrogens (tertiary/aromatic N) is 1. The van der Waals surface area contributed by atoms with Gasteiger partial charge in [0.15, 0.2) is 0 Å². The fourth-order valence-corrected chi connectivity index (χ4v) is 4.85. The van der Waals surface area contributed by atoms with E-state index in [2.05, 4.69) is 10.3 Å². The van der Waals surface area contributed by atoms with E-state index in [4.69, 9.17) is 0 Å². The maximum Gasteiger partial charge on any atom is 0.416 e. The van der Waals surface area contributed by atoms with Crippen LogP contribution in [0.1, 0.15) is 48.0 Å². The number of hydrogen-bond donors (Lipinski definition) is 4. The number of amides is 1. The van der Waals surface area contributed by atoms with Gasteiger partial charge in [0, 0.05) is 23.2 Å². The van der Waals surface area contributed by atoms with Crippen LogP contribution in [0.15, 0.2) is 59.4 Å². The van der Waals surface area contributed by atoms with E-state index in [-0.39, 0.29) is 40.0 Å². The average Bonchev–Trinajstić information content (AvgIpc) is 3.19. The molecule has 0 unspecified atom stereocenters. The molecule has 1 aliphatic rings. The molecule has 7 nitrogen and oxygen atoms in total. The van der Waals surface area contributed by atoms with E-state index in [0.717, 1.165) is 60.9 Å². The van der Waals surface area contributed by atoms with Crippen LogP contribution in [0.4, 0.5) is 13.2 Å². The first kappa shape index (κ1) is 24.5. The van der Waals surface area contributed by atoms with Gasteiger partial charge in [-0.1, -0.05) is 31.4 Å². The topological polar surface area (TPSA) is 107 Å². The van der Waals surface area contributed by atoms with Crippen LogP contribution in [0.25, 0.3) is 27.8 Å². The molecule has 0 radical (unpaired) electrons. The zero-order chi connectivity index (χ0) is 26.3. The minimum Gasteiger partial charge on any atom is -0.507 e. The number of aromatic hydroxyl groups is 2. The normalized spacial score (nSPS) is 14.7. The number of carbonyl (C=O) groups is 1. The first-order valence-corrected chi connectivity index (χ1v) is 11.9. The number of aromatic nitrogens is 2. The third-order valence-electron chi connectivity index (χ3n) is 6.72. The van der Waals surface area contributed by atoms with E-state index in [0.29, 0.717) is 11.1 Å². The standard InChI is InChI=1S/C27H24F3N3O4/c28-27(29,30)17-9-10-21-20(12-17)32-26(37)33(21)22-13-19(23(34)14-24(22)35)15-5-4-6-16(11-15)25(36)31-18-7-2-1-3-8-18/h4-6,9-14,18,34-35H,1-3,7-8H2,(H,31,36)(H,32,37). The Morgan fingerprint density at radius 2 is 1.73 bits per heavy atom. The van der Waals surface area contributed by atoms with E-state index in [1.807, 2.05) is 0 Å². The predicted molar refractivity (Wildman–Crippen MR) is 132 cm³/mol. The molecule has 0 atom stereocenters. The number of phenolic OH excluding ortho intramolecular Hbond substituents is 2. The summed E-state index contributed by atoms with van der Waals surface area (Å²) in [4.78, 5) is 27.9. The van der Waals surface area contributed by atoms with Gasteiger partial charge in [0.1, 0.15) is 11.5 Å². The van der Waals surface area contributed by atoms with Gasteiger partial charge in [-0.3, -0.25) is 9.36 Å². The van der Waals surface area contributed by atoms with Gasteiger partial charge in [0.05, 0.1) is 22.3 Å². The van der Waals surface area contributed by atoms with Gasteiger partial charge in [0.25, 0.3) is 5.91 Å². The van der Waals surface area contributed by atoms with Gasteiger partial charge in [-0.05, 0) is 54.8 Å². The summed E-state index contributed by atoms with van der Waals surface area (Å²) in [5.74, 6) is -0.978. The fourth-order valence-electron chi connectivity index (χ4n) is 4.85. The lowest BCUT2D eigenvalue weighted by molar-refractivity contribution is -0.137. The van der Waals surface area contributed by atoms with Crippen molar-refractivity contribution in [1.29, 1.82) is 0 Å². The highest BCUT2D eigenvalue weighted by atomic mass is 19.4. The molecule has 1 aliphatic carbocycles. The molecule has 1 heterocycles. The van der Waals surface area contributed by atoms with Crippen molar-refractivity contribution in [3.63, 3.8) is 0 Å². The van der Waals surface area contributed by atoms with Crippen molar-refractivity contribution in [2.75, 3.05) is 0 Å². The number of fused-ring (bicyclic) bond motifs is 1. The van der Waals surface area contributed by atoms with Crippen molar-refractivity contribution in [3.05, 3.63) is 76.2 Å². The van der Waals surface area contributed by atoms with Crippen LogP contribution in [-0.2, 0) is 6.18 Å². The Morgan fingerprint density at radius 3 is 2.46 bits per heavy atom. The SMILES string of the molecule is O=C(NC1CCCCC1)c1cccc(-c2cc(-n3c(=O)[nH]c4cc(C(F)(F)F)ccc43)c(O)cc2O)c1. The van der Waals surface area contributed by atoms with Crippen molar-refractivity contribution in [2.45, 2.75) is 44.3 Å². The molecule has 0 aliphatic heterocycles. The third-order valence-corrected chi connectivity index (χ3v) is 6.72. The Balaban J connectivity index is 1.54. The first-order valence-electron chi connectivity index (χ1n) is 11.9. The van der Waals surface area contributed by atoms with Gasteiger partial charge in [0.2, 0.25) is 0 Å². The minimum atomic E-state index is -4.59. The van der Waals surface area contributed by atoms with Crippen molar-refractivity contribution in [1.82, 2.24) is 14.9 Å². The summed E-state index contributed by atoms with van der Waals surface area (Å²) >= 11 is 0. The Labute approximate surface area is 209 Å². The van der Waals surface area contributed by atoms with Crippen molar-refractivity contribution >= 4 is 16.9 Å². The molecule has 4 aromatic rings. The number of halogens is 3. The summed E-state index contributed by atoms with van der Waals surface area (Å²) in [6, 6.07) is 11.9. The molecule has 37 heavy (non-hydrogen) atoms. The molecule has 0 bridgehead atoms. The highest BCUT2D eigenvalue weighted by Gasteiger charge is 2.31. The first-order chi connectivity index (χ1) is 17.6. The zero-order valence-corrected chi connectivity index (χ0v) is 19.6. The van der Waals surface area contributed by atoms with Gasteiger partial charge < -0.3 is 20.5 Å². The molecule has 10 heteroatoms. The number of benzene rings is 3. The van der Waals surface area contributed by atoms with Crippen LogP contribution in [0.5, 0.6) is 11.5 Å². The summed E-state index contributed by atoms with van der Waals surface area (Å²) in [6.07, 6.45) is 0.567. The number of H-pyrrole nitrogens is 1. The van der Waals surface area contributed by atoms with E-state index in [9.17, 15) is 33.0 Å². The molecule has 0 spiro atoms. The monoisotopic (exact) mass is 511 g/mol. The molecule has 3 aromatic carbocycles. The second-order valence-corrected chi connectivity index (χ2v) is 9.24. The van der Waals surface area contributed by atoms with Gasteiger partial charge >= 0.3 is 11.9 Å². The molecule has 1 fully saturated rings. The number of alkyl halides is 3. The largest absolute Gasteiger partial charge is 0.507 e. The van der Waals surface area contributed by atoms with E-state index in [1.54, 1.807) is 24.3 Å². The highest BCUT2D eigenvalue weighted by Crippen LogP contribution is 2.38. The van der Waals surface area contributed by atoms with E-state index >= 15 is 0 Å². The van der Waals surface area contributed by atoms with Crippen molar-refractivity contribution in [2.24, 2.45) is 0 Å². The molecule has 1 aromatic heterocycles. The zero-order valence-electron chi connectivity index (χ0n) is 19.6. The van der Waals surface area contributed by atoms with Crippen molar-refractivity contribution in [3.8, 4) is 28.3 Å². The van der Waals surface area contributed by atoms with Crippen LogP contribution >= 0.6 is 0 Å². The van der Waals surface area contributed by atoms with Crippen LogP contribution in [0.2, 0.25) is 0 Å². The Morgan fingerprint density at radius 1 is 0.973 bits per heavy atom. The lowest BCUT2D eigenvalue weighted by atomic mass is 9.95. The van der Waals surface area contributed by atoms with Gasteiger partial charge in [-0.15, -0.1) is 0 Å². The van der Waals surface area contributed by atoms with E-state index in [1.165, 1.54) is 6.07 Å². The number of carbonyl (C=O) groups excluding carboxylic acids is 1. The van der Waals surface area contributed by atoms with Gasteiger partial charge in [-0.25, -0.2) is 4.79 Å². The predicted octanol–water partition coefficient (Wildman–Crippen LogP) is 5.48. The number of nitrogens with one attached hydrogen (secondary N) is 2. The molecular formula is C27H24F3N3O4. The summed E-state index contributed by atoms with van der Waals surface area (Å²) in [5, 5.41) is 24.2. The molecule has 1 saturated carbocycles. The quantitative estimate of drug-likeness (QED) is 0.291. The van der Waals surface area contributed by atoms with Crippen LogP contribution < -0.4 is 11.0 Å². The Kier molecular flexibility index (Phi) is 6.18. The minimum absolute atomic E-state index is 0.0409. The van der Waals surface area contributed by atoms with Gasteiger partial charge in [-0.2, -0.15) is 13.2 Å². The molecular weight excluding hydrogens is 487 g/mol. The van der Waals surface area contributed by atoms with Crippen LogP contribution in [0, 0.1) is 0 Å². The van der Waals surface area contributed by atoms with Crippen LogP contribution in [-0.4, -0.2) is 31.7 Å². The molecule has 0 saturated heterocycles. The molecule has 5 rings (SSSR count). The number of aromatic amines is 1. The van der Waals surface area contributed by atoms with Crippen LogP contribution in [0.3, 0.4) is 0 Å². The number of hydrogen-bond acceptors (Lipinski definition) is 4. The summed E-state index contributed by atoms with van der Waals surface area (Å²) < 4.78 is 40.4. The second-order valence-electron chi connectivity index (χ2n) is 9.24. The number of imidazole rings is 1. The summed E-state index contributed by atoms with van der Waals surface area (Å²) in [5.41, 5.74) is -0.590. The van der Waals surface area contributed by atoms with Crippen molar-refractivity contribution < 1.29 is 28.2 Å². The molecule has 4 N–H and O–H groups in total. The van der Waals surface area contributed by atoms with E-state index < -0.39 is 23.2 Å². The number of phenols is 2. The molecule has 192 valence electrons. The summed E-state index contributed by atoms with van der Waals surface area (Å²) in [6.45, 7) is 0. The Bertz CT molecular complexity index is 1550. The fraction of sp³-hybridized carbons (Fsp3) is 0.259.